The van der Waals surface area contributed by atoms with Gasteiger partial charge in [0.2, 0.25) is 11.2 Å². The number of anilines is 1. The lowest BCUT2D eigenvalue weighted by Gasteiger charge is -2.08. The highest BCUT2D eigenvalue weighted by Gasteiger charge is 2.19. The Morgan fingerprint density at radius 3 is 2.83 bits per heavy atom. The summed E-state index contributed by atoms with van der Waals surface area (Å²) in [6, 6.07) is 10.2. The molecule has 0 radical (unpaired) electrons. The SMILES string of the molecule is Clc1nc2c(c(NCc3nc(Cc4ccccc4)co3)n1)CCC2. The number of hydrogen-bond donors (Lipinski definition) is 1. The van der Waals surface area contributed by atoms with E-state index in [4.69, 9.17) is 16.0 Å². The third kappa shape index (κ3) is 3.26. The van der Waals surface area contributed by atoms with E-state index in [2.05, 4.69) is 32.4 Å². The molecule has 1 aliphatic rings. The topological polar surface area (TPSA) is 63.8 Å². The normalized spacial score (nSPS) is 13.0. The standard InChI is InChI=1S/C18H17ClN4O/c19-18-22-15-8-4-7-14(15)17(23-18)20-10-16-21-13(11-24-16)9-12-5-2-1-3-6-12/h1-3,5-6,11H,4,7-10H2,(H,20,22,23). The number of oxazole rings is 1. The van der Waals surface area contributed by atoms with Crippen LogP contribution in [-0.2, 0) is 25.8 Å². The van der Waals surface area contributed by atoms with Crippen molar-refractivity contribution in [3.63, 3.8) is 0 Å². The van der Waals surface area contributed by atoms with Crippen molar-refractivity contribution in [2.75, 3.05) is 5.32 Å². The van der Waals surface area contributed by atoms with Crippen LogP contribution in [0.3, 0.4) is 0 Å². The van der Waals surface area contributed by atoms with Crippen LogP contribution in [0, 0.1) is 0 Å². The summed E-state index contributed by atoms with van der Waals surface area (Å²) in [6.07, 6.45) is 5.52. The summed E-state index contributed by atoms with van der Waals surface area (Å²) < 4.78 is 5.56. The zero-order chi connectivity index (χ0) is 16.4. The monoisotopic (exact) mass is 340 g/mol. The molecule has 1 aliphatic carbocycles. The molecule has 0 bridgehead atoms. The predicted molar refractivity (Wildman–Crippen MR) is 92.1 cm³/mol. The molecule has 6 heteroatoms. The summed E-state index contributed by atoms with van der Waals surface area (Å²) in [7, 11) is 0. The van der Waals surface area contributed by atoms with Gasteiger partial charge in [-0.15, -0.1) is 0 Å². The summed E-state index contributed by atoms with van der Waals surface area (Å²) in [5, 5.41) is 3.57. The fourth-order valence-corrected chi connectivity index (χ4v) is 3.21. The van der Waals surface area contributed by atoms with Gasteiger partial charge in [-0.3, -0.25) is 0 Å². The van der Waals surface area contributed by atoms with E-state index < -0.39 is 0 Å². The van der Waals surface area contributed by atoms with Crippen LogP contribution in [0.2, 0.25) is 5.28 Å². The Kier molecular flexibility index (Phi) is 4.17. The van der Waals surface area contributed by atoms with Crippen molar-refractivity contribution in [1.82, 2.24) is 15.0 Å². The Morgan fingerprint density at radius 1 is 1.08 bits per heavy atom. The van der Waals surface area contributed by atoms with E-state index in [1.807, 2.05) is 18.2 Å². The summed E-state index contributed by atoms with van der Waals surface area (Å²) in [4.78, 5) is 13.1. The average molecular weight is 341 g/mol. The molecule has 0 saturated heterocycles. The zero-order valence-electron chi connectivity index (χ0n) is 13.1. The molecule has 3 aromatic rings. The second-order valence-electron chi connectivity index (χ2n) is 5.87. The number of aryl methyl sites for hydroxylation is 1. The van der Waals surface area contributed by atoms with Crippen molar-refractivity contribution in [2.45, 2.75) is 32.2 Å². The molecule has 4 rings (SSSR count). The van der Waals surface area contributed by atoms with Gasteiger partial charge in [-0.25, -0.2) is 15.0 Å². The molecule has 1 aromatic carbocycles. The molecule has 0 fully saturated rings. The van der Waals surface area contributed by atoms with Crippen LogP contribution in [0.25, 0.3) is 0 Å². The fraction of sp³-hybridized carbons (Fsp3) is 0.278. The first-order chi connectivity index (χ1) is 11.8. The second kappa shape index (κ2) is 6.61. The quantitative estimate of drug-likeness (QED) is 0.715. The smallest absolute Gasteiger partial charge is 0.224 e. The summed E-state index contributed by atoms with van der Waals surface area (Å²) in [5.41, 5.74) is 4.35. The van der Waals surface area contributed by atoms with E-state index in [0.29, 0.717) is 12.4 Å². The minimum absolute atomic E-state index is 0.287. The molecule has 0 amide bonds. The van der Waals surface area contributed by atoms with Crippen LogP contribution in [-0.4, -0.2) is 15.0 Å². The largest absolute Gasteiger partial charge is 0.447 e. The number of benzene rings is 1. The number of halogens is 1. The Bertz CT molecular complexity index is 847. The predicted octanol–water partition coefficient (Wildman–Crippen LogP) is 3.81. The molecule has 0 atom stereocenters. The molecular formula is C18H17ClN4O. The van der Waals surface area contributed by atoms with Crippen LogP contribution in [0.5, 0.6) is 0 Å². The summed E-state index contributed by atoms with van der Waals surface area (Å²) >= 11 is 6.00. The van der Waals surface area contributed by atoms with Crippen LogP contribution in [0.4, 0.5) is 5.82 Å². The van der Waals surface area contributed by atoms with Gasteiger partial charge >= 0.3 is 0 Å². The maximum absolute atomic E-state index is 6.00. The van der Waals surface area contributed by atoms with Crippen LogP contribution in [0.1, 0.15) is 34.8 Å². The van der Waals surface area contributed by atoms with E-state index in [0.717, 1.165) is 48.5 Å². The number of nitrogens with one attached hydrogen (secondary N) is 1. The second-order valence-corrected chi connectivity index (χ2v) is 6.21. The molecular weight excluding hydrogens is 324 g/mol. The van der Waals surface area contributed by atoms with E-state index >= 15 is 0 Å². The van der Waals surface area contributed by atoms with Crippen LogP contribution < -0.4 is 5.32 Å². The first-order valence-electron chi connectivity index (χ1n) is 8.04. The summed E-state index contributed by atoms with van der Waals surface area (Å²) in [6.45, 7) is 0.481. The molecule has 122 valence electrons. The number of nitrogens with zero attached hydrogens (tertiary/aromatic N) is 3. The molecule has 24 heavy (non-hydrogen) atoms. The summed E-state index contributed by atoms with van der Waals surface area (Å²) in [5.74, 6) is 1.44. The molecule has 0 saturated carbocycles. The molecule has 2 aromatic heterocycles. The maximum Gasteiger partial charge on any atom is 0.224 e. The Morgan fingerprint density at radius 2 is 1.96 bits per heavy atom. The van der Waals surface area contributed by atoms with E-state index in [9.17, 15) is 0 Å². The Hall–Kier alpha value is -2.40. The molecule has 5 nitrogen and oxygen atoms in total. The van der Waals surface area contributed by atoms with Gasteiger partial charge in [0.05, 0.1) is 17.9 Å². The average Bonchev–Trinajstić information content (AvgIpc) is 3.22. The zero-order valence-corrected chi connectivity index (χ0v) is 13.9. The van der Waals surface area contributed by atoms with E-state index in [1.54, 1.807) is 6.26 Å². The van der Waals surface area contributed by atoms with Gasteiger partial charge < -0.3 is 9.73 Å². The fourth-order valence-electron chi connectivity index (χ4n) is 3.02. The van der Waals surface area contributed by atoms with E-state index in [1.165, 1.54) is 5.56 Å². The lowest BCUT2D eigenvalue weighted by molar-refractivity contribution is 0.503. The molecule has 0 unspecified atom stereocenters. The van der Waals surface area contributed by atoms with Crippen molar-refractivity contribution in [3.8, 4) is 0 Å². The van der Waals surface area contributed by atoms with Gasteiger partial charge in [0.15, 0.2) is 0 Å². The van der Waals surface area contributed by atoms with Crippen molar-refractivity contribution < 1.29 is 4.42 Å². The third-order valence-corrected chi connectivity index (χ3v) is 4.31. The van der Waals surface area contributed by atoms with Crippen molar-refractivity contribution in [2.24, 2.45) is 0 Å². The lowest BCUT2D eigenvalue weighted by Crippen LogP contribution is -2.06. The van der Waals surface area contributed by atoms with Gasteiger partial charge in [-0.05, 0) is 36.4 Å². The van der Waals surface area contributed by atoms with Crippen LogP contribution >= 0.6 is 11.6 Å². The van der Waals surface area contributed by atoms with Crippen molar-refractivity contribution in [3.05, 3.63) is 70.3 Å². The molecule has 1 N–H and O–H groups in total. The number of fused-ring (bicyclic) bond motifs is 1. The molecule has 2 heterocycles. The highest BCUT2D eigenvalue weighted by atomic mass is 35.5. The lowest BCUT2D eigenvalue weighted by atomic mass is 10.1. The number of aromatic nitrogens is 3. The van der Waals surface area contributed by atoms with Gasteiger partial charge in [0, 0.05) is 12.0 Å². The maximum atomic E-state index is 6.00. The Balaban J connectivity index is 1.44. The molecule has 0 spiro atoms. The highest BCUT2D eigenvalue weighted by Crippen LogP contribution is 2.27. The number of hydrogen-bond acceptors (Lipinski definition) is 5. The van der Waals surface area contributed by atoms with Crippen molar-refractivity contribution >= 4 is 17.4 Å². The van der Waals surface area contributed by atoms with Gasteiger partial charge in [0.1, 0.15) is 12.1 Å². The first-order valence-corrected chi connectivity index (χ1v) is 8.42. The van der Waals surface area contributed by atoms with Crippen molar-refractivity contribution in [1.29, 1.82) is 0 Å². The molecule has 0 aliphatic heterocycles. The van der Waals surface area contributed by atoms with Gasteiger partial charge in [0.25, 0.3) is 0 Å². The minimum Gasteiger partial charge on any atom is -0.447 e. The third-order valence-electron chi connectivity index (χ3n) is 4.14. The van der Waals surface area contributed by atoms with E-state index in [-0.39, 0.29) is 5.28 Å². The first kappa shape index (κ1) is 15.1. The van der Waals surface area contributed by atoms with Gasteiger partial charge in [-0.1, -0.05) is 30.3 Å². The highest BCUT2D eigenvalue weighted by molar-refractivity contribution is 6.28. The minimum atomic E-state index is 0.287. The Labute approximate surface area is 145 Å². The number of rotatable bonds is 5. The van der Waals surface area contributed by atoms with Gasteiger partial charge in [-0.2, -0.15) is 0 Å². The van der Waals surface area contributed by atoms with Crippen LogP contribution in [0.15, 0.2) is 41.0 Å².